The first kappa shape index (κ1) is 8.73. The second-order valence-electron chi connectivity index (χ2n) is 4.17. The van der Waals surface area contributed by atoms with E-state index in [0.29, 0.717) is 11.8 Å². The number of hydrogen-bond donors (Lipinski definition) is 1. The van der Waals surface area contributed by atoms with Crippen molar-refractivity contribution in [1.29, 1.82) is 0 Å². The van der Waals surface area contributed by atoms with Crippen molar-refractivity contribution in [3.05, 3.63) is 0 Å². The minimum Gasteiger partial charge on any atom is -0.481 e. The number of Topliss-reactive ketones (excluding diaryl/α,β-unsaturated/α-hetero) is 1. The first-order valence-electron chi connectivity index (χ1n) is 4.94. The van der Waals surface area contributed by atoms with Crippen LogP contribution in [-0.4, -0.2) is 16.9 Å². The lowest BCUT2D eigenvalue weighted by Gasteiger charge is -2.04. The molecule has 2 atom stereocenters. The smallest absolute Gasteiger partial charge is 0.310 e. The van der Waals surface area contributed by atoms with Gasteiger partial charge in [0.15, 0.2) is 0 Å². The van der Waals surface area contributed by atoms with Crippen LogP contribution in [0.5, 0.6) is 0 Å². The van der Waals surface area contributed by atoms with E-state index in [1.165, 1.54) is 12.8 Å². The van der Waals surface area contributed by atoms with Gasteiger partial charge in [0.25, 0.3) is 0 Å². The van der Waals surface area contributed by atoms with Gasteiger partial charge in [-0.1, -0.05) is 12.8 Å². The monoisotopic (exact) mass is 182 g/mol. The van der Waals surface area contributed by atoms with Gasteiger partial charge < -0.3 is 5.11 Å². The number of aliphatic carboxylic acids is 1. The van der Waals surface area contributed by atoms with Crippen LogP contribution in [0.15, 0.2) is 0 Å². The third kappa shape index (κ3) is 1.60. The number of carboxylic acid groups (broad SMARTS) is 1. The lowest BCUT2D eigenvalue weighted by molar-refractivity contribution is -0.140. The molecule has 0 saturated heterocycles. The number of carboxylic acids is 1. The van der Waals surface area contributed by atoms with Gasteiger partial charge in [-0.2, -0.15) is 0 Å². The molecule has 0 aromatic carbocycles. The van der Waals surface area contributed by atoms with E-state index in [2.05, 4.69) is 0 Å². The molecule has 2 saturated carbocycles. The fraction of sp³-hybridized carbons (Fsp3) is 0.800. The number of carbonyl (C=O) groups excluding carboxylic acids is 1. The van der Waals surface area contributed by atoms with Gasteiger partial charge in [-0.15, -0.1) is 0 Å². The average Bonchev–Trinajstić information content (AvgIpc) is 2.76. The zero-order valence-corrected chi connectivity index (χ0v) is 7.53. The van der Waals surface area contributed by atoms with Crippen molar-refractivity contribution in [3.63, 3.8) is 0 Å². The van der Waals surface area contributed by atoms with E-state index in [1.54, 1.807) is 0 Å². The van der Waals surface area contributed by atoms with E-state index < -0.39 is 5.97 Å². The molecule has 3 heteroatoms. The summed E-state index contributed by atoms with van der Waals surface area (Å²) in [6.07, 6.45) is 4.45. The van der Waals surface area contributed by atoms with Gasteiger partial charge in [-0.25, -0.2) is 0 Å². The molecule has 0 radical (unpaired) electrons. The third-order valence-corrected chi connectivity index (χ3v) is 3.35. The average molecular weight is 182 g/mol. The summed E-state index contributed by atoms with van der Waals surface area (Å²) in [5.41, 5.74) is 0. The summed E-state index contributed by atoms with van der Waals surface area (Å²) in [6.45, 7) is 0. The van der Waals surface area contributed by atoms with Crippen LogP contribution in [-0.2, 0) is 9.59 Å². The van der Waals surface area contributed by atoms with Crippen molar-refractivity contribution >= 4 is 11.8 Å². The van der Waals surface area contributed by atoms with E-state index in [9.17, 15) is 9.59 Å². The SMILES string of the molecule is O=C(O)CC(=O)C1C2CCCCC21. The molecule has 1 N–H and O–H groups in total. The Labute approximate surface area is 77.1 Å². The summed E-state index contributed by atoms with van der Waals surface area (Å²) in [5.74, 6) is 0.179. The molecule has 13 heavy (non-hydrogen) atoms. The summed E-state index contributed by atoms with van der Waals surface area (Å²) in [7, 11) is 0. The maximum atomic E-state index is 11.4. The number of fused-ring (bicyclic) bond motifs is 1. The van der Waals surface area contributed by atoms with Crippen LogP contribution in [0.4, 0.5) is 0 Å². The lowest BCUT2D eigenvalue weighted by atomic mass is 10.0. The molecule has 3 nitrogen and oxygen atoms in total. The van der Waals surface area contributed by atoms with Gasteiger partial charge in [-0.05, 0) is 24.7 Å². The van der Waals surface area contributed by atoms with Crippen LogP contribution in [0, 0.1) is 17.8 Å². The van der Waals surface area contributed by atoms with E-state index in [-0.39, 0.29) is 18.1 Å². The van der Waals surface area contributed by atoms with Gasteiger partial charge in [0.2, 0.25) is 0 Å². The minimum absolute atomic E-state index is 0.0376. The van der Waals surface area contributed by atoms with Crippen molar-refractivity contribution in [2.24, 2.45) is 17.8 Å². The van der Waals surface area contributed by atoms with E-state index in [0.717, 1.165) is 12.8 Å². The van der Waals surface area contributed by atoms with Gasteiger partial charge >= 0.3 is 5.97 Å². The van der Waals surface area contributed by atoms with Gasteiger partial charge in [0.1, 0.15) is 12.2 Å². The van der Waals surface area contributed by atoms with Crippen molar-refractivity contribution in [2.75, 3.05) is 0 Å². The fourth-order valence-electron chi connectivity index (χ4n) is 2.74. The highest BCUT2D eigenvalue weighted by atomic mass is 16.4. The Morgan fingerprint density at radius 2 is 1.69 bits per heavy atom. The van der Waals surface area contributed by atoms with Crippen LogP contribution in [0.1, 0.15) is 32.1 Å². The Balaban J connectivity index is 1.89. The standard InChI is InChI=1S/C10H14O3/c11-8(5-9(12)13)10-6-3-1-2-4-7(6)10/h6-7,10H,1-5H2,(H,12,13). The Hall–Kier alpha value is -0.860. The van der Waals surface area contributed by atoms with Crippen LogP contribution < -0.4 is 0 Å². The van der Waals surface area contributed by atoms with Gasteiger partial charge in [0.05, 0.1) is 0 Å². The first-order valence-corrected chi connectivity index (χ1v) is 4.94. The number of carbonyl (C=O) groups is 2. The predicted molar refractivity (Wildman–Crippen MR) is 46.2 cm³/mol. The molecule has 0 spiro atoms. The maximum absolute atomic E-state index is 11.4. The molecule has 2 fully saturated rings. The van der Waals surface area contributed by atoms with Crippen molar-refractivity contribution < 1.29 is 14.7 Å². The third-order valence-electron chi connectivity index (χ3n) is 3.35. The minimum atomic E-state index is -0.978. The molecule has 0 aromatic heterocycles. The van der Waals surface area contributed by atoms with Crippen LogP contribution in [0.3, 0.4) is 0 Å². The van der Waals surface area contributed by atoms with E-state index >= 15 is 0 Å². The number of hydrogen-bond acceptors (Lipinski definition) is 2. The normalized spacial score (nSPS) is 36.5. The summed E-state index contributed by atoms with van der Waals surface area (Å²) >= 11 is 0. The fourth-order valence-corrected chi connectivity index (χ4v) is 2.74. The maximum Gasteiger partial charge on any atom is 0.310 e. The zero-order chi connectivity index (χ0) is 9.42. The highest BCUT2D eigenvalue weighted by Gasteiger charge is 2.54. The lowest BCUT2D eigenvalue weighted by Crippen LogP contribution is -2.09. The molecule has 72 valence electrons. The second kappa shape index (κ2) is 3.13. The van der Waals surface area contributed by atoms with Crippen molar-refractivity contribution in [1.82, 2.24) is 0 Å². The summed E-state index contributed by atoms with van der Waals surface area (Å²) < 4.78 is 0. The highest BCUT2D eigenvalue weighted by Crippen LogP contribution is 2.56. The molecule has 2 aliphatic carbocycles. The molecule has 2 rings (SSSR count). The largest absolute Gasteiger partial charge is 0.481 e. The number of rotatable bonds is 3. The van der Waals surface area contributed by atoms with Crippen LogP contribution >= 0.6 is 0 Å². The van der Waals surface area contributed by atoms with Crippen molar-refractivity contribution in [3.8, 4) is 0 Å². The zero-order valence-electron chi connectivity index (χ0n) is 7.53. The summed E-state index contributed by atoms with van der Waals surface area (Å²) in [5, 5.41) is 8.47. The molecular formula is C10H14O3. The molecule has 0 amide bonds. The molecule has 0 aromatic rings. The molecule has 2 unspecified atom stereocenters. The Morgan fingerprint density at radius 1 is 1.15 bits per heavy atom. The van der Waals surface area contributed by atoms with Gasteiger partial charge in [-0.3, -0.25) is 9.59 Å². The van der Waals surface area contributed by atoms with Crippen LogP contribution in [0.2, 0.25) is 0 Å². The topological polar surface area (TPSA) is 54.4 Å². The first-order chi connectivity index (χ1) is 6.20. The van der Waals surface area contributed by atoms with E-state index in [4.69, 9.17) is 5.11 Å². The molecule has 0 heterocycles. The summed E-state index contributed by atoms with van der Waals surface area (Å²) in [4.78, 5) is 21.7. The Bertz CT molecular complexity index is 235. The Kier molecular flexibility index (Phi) is 2.10. The number of ketones is 1. The molecule has 0 aliphatic heterocycles. The van der Waals surface area contributed by atoms with E-state index in [1.807, 2.05) is 0 Å². The molecule has 0 bridgehead atoms. The highest BCUT2D eigenvalue weighted by molar-refractivity contribution is 5.97. The van der Waals surface area contributed by atoms with Gasteiger partial charge in [0, 0.05) is 5.92 Å². The quantitative estimate of drug-likeness (QED) is 0.672. The molecular weight excluding hydrogens is 168 g/mol. The van der Waals surface area contributed by atoms with Crippen molar-refractivity contribution in [2.45, 2.75) is 32.1 Å². The second-order valence-corrected chi connectivity index (χ2v) is 4.17. The summed E-state index contributed by atoms with van der Waals surface area (Å²) in [6, 6.07) is 0. The van der Waals surface area contributed by atoms with Crippen LogP contribution in [0.25, 0.3) is 0 Å². The Morgan fingerprint density at radius 3 is 2.15 bits per heavy atom. The molecule has 2 aliphatic rings. The predicted octanol–water partition coefficient (Wildman–Crippen LogP) is 1.47.